The molecule has 0 spiro atoms. The van der Waals surface area contributed by atoms with Crippen molar-refractivity contribution in [2.24, 2.45) is 0 Å². The molecule has 0 aromatic carbocycles. The van der Waals surface area contributed by atoms with Gasteiger partial charge < -0.3 is 26.0 Å². The minimum Gasteiger partial charge on any atom is -0.396 e. The summed E-state index contributed by atoms with van der Waals surface area (Å²) < 4.78 is 0. The van der Waals surface area contributed by atoms with Gasteiger partial charge in [-0.3, -0.25) is 29.6 Å². The van der Waals surface area contributed by atoms with E-state index in [1.54, 1.807) is 6.92 Å². The van der Waals surface area contributed by atoms with Crippen molar-refractivity contribution in [3.63, 3.8) is 0 Å². The van der Waals surface area contributed by atoms with Gasteiger partial charge in [0.05, 0.1) is 12.0 Å². The number of piperazine rings is 1. The van der Waals surface area contributed by atoms with Gasteiger partial charge in [-0.05, 0) is 52.4 Å². The lowest BCUT2D eigenvalue weighted by atomic mass is 9.98. The summed E-state index contributed by atoms with van der Waals surface area (Å²) in [4.78, 5) is 48.5. The molecule has 0 saturated carbocycles. The smallest absolute Gasteiger partial charge is 0.269 e. The summed E-state index contributed by atoms with van der Waals surface area (Å²) in [6.45, 7) is 2.46. The first kappa shape index (κ1) is 30.5. The Bertz CT molecular complexity index is 772. The highest BCUT2D eigenvalue weighted by Gasteiger charge is 2.33. The van der Waals surface area contributed by atoms with E-state index in [2.05, 4.69) is 10.6 Å². The van der Waals surface area contributed by atoms with Gasteiger partial charge in [0.25, 0.3) is 5.91 Å². The largest absolute Gasteiger partial charge is 0.396 e. The number of carbonyl (C=O) groups excluding carboxylic acids is 4. The van der Waals surface area contributed by atoms with E-state index in [0.29, 0.717) is 22.1 Å². The quantitative estimate of drug-likeness (QED) is 0.0817. The van der Waals surface area contributed by atoms with E-state index in [4.69, 9.17) is 10.2 Å². The van der Waals surface area contributed by atoms with Crippen molar-refractivity contribution in [1.82, 2.24) is 20.8 Å². The molecule has 0 bridgehead atoms. The number of hydrogen-bond donors (Lipinski definition) is 7. The minimum absolute atomic E-state index is 0.0178. The number of amides is 4. The van der Waals surface area contributed by atoms with E-state index in [9.17, 15) is 34.7 Å². The summed E-state index contributed by atoms with van der Waals surface area (Å²) in [6.07, 6.45) is 1.96. The molecule has 1 heterocycles. The van der Waals surface area contributed by atoms with Crippen molar-refractivity contribution in [2.75, 3.05) is 26.3 Å². The molecule has 0 radical (unpaired) electrons. The molecule has 1 saturated heterocycles. The van der Waals surface area contributed by atoms with Crippen LogP contribution in [-0.4, -0.2) is 103 Å². The van der Waals surface area contributed by atoms with Crippen molar-refractivity contribution in [3.8, 4) is 0 Å². The Hall–Kier alpha value is -2.58. The molecule has 200 valence electrons. The van der Waals surface area contributed by atoms with Crippen LogP contribution in [0, 0.1) is 0 Å². The first-order valence-electron chi connectivity index (χ1n) is 11.6. The lowest BCUT2D eigenvalue weighted by Crippen LogP contribution is -2.61. The molecule has 1 aliphatic rings. The third-order valence-corrected chi connectivity index (χ3v) is 5.59. The third-order valence-electron chi connectivity index (χ3n) is 5.59. The summed E-state index contributed by atoms with van der Waals surface area (Å²) in [5, 5.41) is 53.5. The van der Waals surface area contributed by atoms with Crippen molar-refractivity contribution < 1.29 is 44.9 Å². The number of hydroxylamine groups is 4. The number of rotatable bonds is 15. The minimum atomic E-state index is -1.45. The van der Waals surface area contributed by atoms with Crippen LogP contribution < -0.4 is 10.6 Å². The lowest BCUT2D eigenvalue weighted by Gasteiger charge is -2.30. The molecule has 0 aliphatic carbocycles. The van der Waals surface area contributed by atoms with Crippen molar-refractivity contribution in [3.05, 3.63) is 11.6 Å². The molecule has 4 amide bonds. The zero-order valence-corrected chi connectivity index (χ0v) is 20.3. The van der Waals surface area contributed by atoms with Crippen LogP contribution in [0.3, 0.4) is 0 Å². The van der Waals surface area contributed by atoms with Crippen LogP contribution in [0.25, 0.3) is 0 Å². The molecule has 1 aliphatic heterocycles. The van der Waals surface area contributed by atoms with Crippen LogP contribution in [0.2, 0.25) is 0 Å². The molecule has 7 N–H and O–H groups in total. The highest BCUT2D eigenvalue weighted by Crippen LogP contribution is 2.16. The van der Waals surface area contributed by atoms with Crippen LogP contribution in [0.1, 0.15) is 58.8 Å². The zero-order chi connectivity index (χ0) is 26.6. The van der Waals surface area contributed by atoms with Gasteiger partial charge in [0, 0.05) is 32.4 Å². The summed E-state index contributed by atoms with van der Waals surface area (Å²) >= 11 is 0. The van der Waals surface area contributed by atoms with Crippen molar-refractivity contribution in [2.45, 2.75) is 76.5 Å². The van der Waals surface area contributed by atoms with Gasteiger partial charge in [0.15, 0.2) is 0 Å². The lowest BCUT2D eigenvalue weighted by molar-refractivity contribution is -0.170. The normalized spacial score (nSPS) is 20.0. The van der Waals surface area contributed by atoms with Gasteiger partial charge >= 0.3 is 0 Å². The van der Waals surface area contributed by atoms with Gasteiger partial charge in [-0.25, -0.2) is 10.1 Å². The van der Waals surface area contributed by atoms with E-state index in [-0.39, 0.29) is 64.8 Å². The third kappa shape index (κ3) is 11.1. The molecule has 1 fully saturated rings. The van der Waals surface area contributed by atoms with Crippen LogP contribution in [0.15, 0.2) is 11.6 Å². The predicted octanol–water partition coefficient (Wildman–Crippen LogP) is -1.18. The maximum Gasteiger partial charge on any atom is 0.269 e. The monoisotopic (exact) mass is 502 g/mol. The van der Waals surface area contributed by atoms with Crippen molar-refractivity contribution >= 4 is 23.6 Å². The number of nitrogens with zero attached hydrogens (tertiary/aromatic N) is 2. The van der Waals surface area contributed by atoms with E-state index < -0.39 is 41.3 Å². The number of aliphatic hydroxyl groups is 3. The van der Waals surface area contributed by atoms with Gasteiger partial charge in [-0.2, -0.15) is 0 Å². The standard InChI is InChI=1S/C22H38N4O9/c1-15(7-11-27)13-18(29)25(34)9-3-5-16-20(31)24-17(21(32)23-16)6-4-10-26(35)19(30)14-22(2,33)8-12-28/h13,16-17,27-28,33-35H,3-12,14H2,1-2H3,(H,23,32)(H,24,31)/b15-13+/t16-,17-,22-/m0/s1. The maximum absolute atomic E-state index is 12.3. The topological polar surface area (TPSA) is 200 Å². The molecule has 35 heavy (non-hydrogen) atoms. The van der Waals surface area contributed by atoms with E-state index in [1.807, 2.05) is 0 Å². The molecular formula is C22H38N4O9. The summed E-state index contributed by atoms with van der Waals surface area (Å²) in [7, 11) is 0. The van der Waals surface area contributed by atoms with E-state index in [0.717, 1.165) is 0 Å². The zero-order valence-electron chi connectivity index (χ0n) is 20.3. The molecule has 0 unspecified atom stereocenters. The molecule has 0 aromatic heterocycles. The number of carbonyl (C=O) groups is 4. The first-order chi connectivity index (χ1) is 16.4. The van der Waals surface area contributed by atoms with Crippen LogP contribution >= 0.6 is 0 Å². The molecule has 3 atom stereocenters. The average Bonchev–Trinajstić information content (AvgIpc) is 2.76. The predicted molar refractivity (Wildman–Crippen MR) is 122 cm³/mol. The molecular weight excluding hydrogens is 464 g/mol. The van der Waals surface area contributed by atoms with Gasteiger partial charge in [0.2, 0.25) is 17.7 Å². The van der Waals surface area contributed by atoms with Gasteiger partial charge in [0.1, 0.15) is 12.1 Å². The van der Waals surface area contributed by atoms with Crippen LogP contribution in [0.4, 0.5) is 0 Å². The Balaban J connectivity index is 2.39. The van der Waals surface area contributed by atoms with Gasteiger partial charge in [-0.1, -0.05) is 5.57 Å². The number of hydrogen-bond acceptors (Lipinski definition) is 9. The average molecular weight is 503 g/mol. The fourth-order valence-corrected chi connectivity index (χ4v) is 3.49. The second-order valence-electron chi connectivity index (χ2n) is 9.00. The Morgan fingerprint density at radius 1 is 0.971 bits per heavy atom. The second-order valence-corrected chi connectivity index (χ2v) is 9.00. The SMILES string of the molecule is C/C(=C\C(=O)N(O)CCC[C@@H]1NC(=O)[C@H](CCCN(O)C(=O)C[C@@](C)(O)CCO)NC1=O)CCO. The van der Waals surface area contributed by atoms with Crippen LogP contribution in [-0.2, 0) is 19.2 Å². The molecule has 13 heteroatoms. The molecule has 1 rings (SSSR count). The summed E-state index contributed by atoms with van der Waals surface area (Å²) in [6, 6.07) is -1.66. The fraction of sp³-hybridized carbons (Fsp3) is 0.727. The fourth-order valence-electron chi connectivity index (χ4n) is 3.49. The Morgan fingerprint density at radius 2 is 1.49 bits per heavy atom. The Morgan fingerprint density at radius 3 is 1.97 bits per heavy atom. The summed E-state index contributed by atoms with van der Waals surface area (Å²) in [5.74, 6) is -2.20. The first-order valence-corrected chi connectivity index (χ1v) is 11.6. The number of nitrogens with one attached hydrogen (secondary N) is 2. The molecule has 13 nitrogen and oxygen atoms in total. The Kier molecular flexibility index (Phi) is 12.8. The maximum atomic E-state index is 12.3. The summed E-state index contributed by atoms with van der Waals surface area (Å²) in [5.41, 5.74) is -0.835. The van der Waals surface area contributed by atoms with Crippen molar-refractivity contribution in [1.29, 1.82) is 0 Å². The Labute approximate surface area is 204 Å². The highest BCUT2D eigenvalue weighted by molar-refractivity contribution is 5.96. The number of aliphatic hydroxyl groups excluding tert-OH is 2. The highest BCUT2D eigenvalue weighted by atomic mass is 16.5. The van der Waals surface area contributed by atoms with Crippen LogP contribution in [0.5, 0.6) is 0 Å². The molecule has 0 aromatic rings. The second kappa shape index (κ2) is 14.7. The van der Waals surface area contributed by atoms with E-state index in [1.165, 1.54) is 13.0 Å². The van der Waals surface area contributed by atoms with Gasteiger partial charge in [-0.15, -0.1) is 0 Å². The van der Waals surface area contributed by atoms with E-state index >= 15 is 0 Å².